The zero-order valence-corrected chi connectivity index (χ0v) is 22.5. The number of ether oxygens (including phenoxy) is 1. The third kappa shape index (κ3) is 7.28. The Balaban J connectivity index is 1.85. The Labute approximate surface area is 213 Å². The second kappa shape index (κ2) is 14.0. The maximum absolute atomic E-state index is 13.0. The van der Waals surface area contributed by atoms with Crippen LogP contribution in [0.4, 0.5) is 0 Å². The zero-order valence-electron chi connectivity index (χ0n) is 22.5. The van der Waals surface area contributed by atoms with Crippen LogP contribution in [0.5, 0.6) is 0 Å². The van der Waals surface area contributed by atoms with Crippen LogP contribution in [0.15, 0.2) is 42.5 Å². The summed E-state index contributed by atoms with van der Waals surface area (Å²) in [7, 11) is 0. The van der Waals surface area contributed by atoms with Crippen molar-refractivity contribution in [3.8, 4) is 0 Å². The molecule has 2 aromatic carbocycles. The van der Waals surface area contributed by atoms with Gasteiger partial charge < -0.3 is 10.1 Å². The molecule has 35 heavy (non-hydrogen) atoms. The van der Waals surface area contributed by atoms with Crippen LogP contribution in [0.2, 0.25) is 0 Å². The summed E-state index contributed by atoms with van der Waals surface area (Å²) in [5, 5.41) is 5.98. The molecule has 1 aliphatic rings. The summed E-state index contributed by atoms with van der Waals surface area (Å²) in [6.07, 6.45) is 4.48. The number of amides is 1. The van der Waals surface area contributed by atoms with E-state index in [2.05, 4.69) is 85.3 Å². The van der Waals surface area contributed by atoms with Crippen molar-refractivity contribution < 1.29 is 9.53 Å². The molecule has 1 heterocycles. The fourth-order valence-electron chi connectivity index (χ4n) is 5.62. The van der Waals surface area contributed by atoms with E-state index < -0.39 is 0 Å². The van der Waals surface area contributed by atoms with E-state index in [1.807, 2.05) is 0 Å². The van der Waals surface area contributed by atoms with Crippen LogP contribution < -0.4 is 5.32 Å². The SMILES string of the molecule is CCC(C)C(CCCCN1CCOCC1)(CNC(=O)CN(CC)CC)c1cccc2ccccc12. The van der Waals surface area contributed by atoms with Crippen LogP contribution in [0.1, 0.15) is 58.9 Å². The van der Waals surface area contributed by atoms with Gasteiger partial charge in [0.15, 0.2) is 0 Å². The molecule has 5 nitrogen and oxygen atoms in total. The Bertz CT molecular complexity index is 902. The molecule has 0 aromatic heterocycles. The Kier molecular flexibility index (Phi) is 11.0. The number of hydrogen-bond acceptors (Lipinski definition) is 4. The standard InChI is InChI=1S/C30H47N3O2/c1-5-25(4)30(24-31-29(34)23-32(6-2)7-3,17-10-11-18-33-19-21-35-22-20-33)28-16-12-14-26-13-8-9-15-27(26)28/h8-9,12-16,25H,5-7,10-11,17-24H2,1-4H3,(H,31,34). The number of likely N-dealkylation sites (N-methyl/N-ethyl adjacent to an activating group) is 1. The van der Waals surface area contributed by atoms with Crippen molar-refractivity contribution in [2.75, 3.05) is 59.0 Å². The molecule has 2 aromatic rings. The summed E-state index contributed by atoms with van der Waals surface area (Å²) in [6, 6.07) is 15.4. The highest BCUT2D eigenvalue weighted by Crippen LogP contribution is 2.42. The molecule has 194 valence electrons. The van der Waals surface area contributed by atoms with Crippen LogP contribution in [0.25, 0.3) is 10.8 Å². The van der Waals surface area contributed by atoms with E-state index in [0.29, 0.717) is 19.0 Å². The average molecular weight is 482 g/mol. The van der Waals surface area contributed by atoms with Crippen molar-refractivity contribution in [2.24, 2.45) is 5.92 Å². The van der Waals surface area contributed by atoms with Crippen LogP contribution in [0, 0.1) is 5.92 Å². The van der Waals surface area contributed by atoms with Crippen molar-refractivity contribution in [1.82, 2.24) is 15.1 Å². The van der Waals surface area contributed by atoms with Crippen molar-refractivity contribution in [2.45, 2.75) is 58.8 Å². The number of unbranched alkanes of at least 4 members (excludes halogenated alkanes) is 1. The van der Waals surface area contributed by atoms with Crippen molar-refractivity contribution in [1.29, 1.82) is 0 Å². The van der Waals surface area contributed by atoms with Gasteiger partial charge in [-0.1, -0.05) is 83.0 Å². The van der Waals surface area contributed by atoms with Crippen LogP contribution in [-0.4, -0.2) is 74.7 Å². The minimum atomic E-state index is -0.0977. The number of carbonyl (C=O) groups excluding carboxylic acids is 1. The number of nitrogens with zero attached hydrogens (tertiary/aromatic N) is 2. The molecule has 0 saturated carbocycles. The summed E-state index contributed by atoms with van der Waals surface area (Å²) in [5.41, 5.74) is 1.29. The predicted octanol–water partition coefficient (Wildman–Crippen LogP) is 5.08. The molecule has 5 heteroatoms. The third-order valence-corrected chi connectivity index (χ3v) is 8.20. The van der Waals surface area contributed by atoms with Crippen LogP contribution >= 0.6 is 0 Å². The lowest BCUT2D eigenvalue weighted by atomic mass is 9.65. The highest BCUT2D eigenvalue weighted by atomic mass is 16.5. The van der Waals surface area contributed by atoms with Gasteiger partial charge in [-0.2, -0.15) is 0 Å². The monoisotopic (exact) mass is 481 g/mol. The molecule has 0 bridgehead atoms. The number of benzene rings is 2. The van der Waals surface area contributed by atoms with Gasteiger partial charge in [-0.3, -0.25) is 14.6 Å². The smallest absolute Gasteiger partial charge is 0.234 e. The largest absolute Gasteiger partial charge is 0.379 e. The molecule has 0 spiro atoms. The Morgan fingerprint density at radius 1 is 1.06 bits per heavy atom. The molecule has 0 aliphatic carbocycles. The normalized spacial score (nSPS) is 17.4. The number of fused-ring (bicyclic) bond motifs is 1. The zero-order chi connectivity index (χ0) is 25.1. The van der Waals surface area contributed by atoms with Crippen molar-refractivity contribution >= 4 is 16.7 Å². The summed E-state index contributed by atoms with van der Waals surface area (Å²) >= 11 is 0. The highest BCUT2D eigenvalue weighted by Gasteiger charge is 2.38. The average Bonchev–Trinajstić information content (AvgIpc) is 2.91. The Morgan fingerprint density at radius 3 is 2.49 bits per heavy atom. The number of hydrogen-bond donors (Lipinski definition) is 1. The minimum absolute atomic E-state index is 0.0977. The molecular formula is C30H47N3O2. The molecule has 1 aliphatic heterocycles. The van der Waals surface area contributed by atoms with E-state index in [4.69, 9.17) is 4.74 Å². The van der Waals surface area contributed by atoms with Crippen molar-refractivity contribution in [3.05, 3.63) is 48.0 Å². The molecule has 2 unspecified atom stereocenters. The van der Waals surface area contributed by atoms with E-state index in [1.165, 1.54) is 22.8 Å². The lowest BCUT2D eigenvalue weighted by Crippen LogP contribution is -2.48. The number of carbonyl (C=O) groups is 1. The maximum Gasteiger partial charge on any atom is 0.234 e. The first kappa shape index (κ1) is 27.6. The van der Waals surface area contributed by atoms with Gasteiger partial charge in [-0.25, -0.2) is 0 Å². The molecule has 1 amide bonds. The first-order valence-corrected chi connectivity index (χ1v) is 13.8. The van der Waals surface area contributed by atoms with Crippen LogP contribution in [-0.2, 0) is 14.9 Å². The number of morpholine rings is 1. The Hall–Kier alpha value is -1.95. The molecule has 1 N–H and O–H groups in total. The van der Waals surface area contributed by atoms with Gasteiger partial charge in [0.2, 0.25) is 5.91 Å². The summed E-state index contributed by atoms with van der Waals surface area (Å²) in [5.74, 6) is 0.584. The first-order valence-electron chi connectivity index (χ1n) is 13.8. The van der Waals surface area contributed by atoms with Crippen LogP contribution in [0.3, 0.4) is 0 Å². The lowest BCUT2D eigenvalue weighted by Gasteiger charge is -2.41. The van der Waals surface area contributed by atoms with Gasteiger partial charge in [0, 0.05) is 25.0 Å². The summed E-state index contributed by atoms with van der Waals surface area (Å²) < 4.78 is 5.52. The molecule has 1 fully saturated rings. The molecule has 0 radical (unpaired) electrons. The van der Waals surface area contributed by atoms with Crippen molar-refractivity contribution in [3.63, 3.8) is 0 Å². The van der Waals surface area contributed by atoms with Gasteiger partial charge in [-0.15, -0.1) is 0 Å². The fourth-order valence-corrected chi connectivity index (χ4v) is 5.62. The lowest BCUT2D eigenvalue weighted by molar-refractivity contribution is -0.122. The van der Waals surface area contributed by atoms with Gasteiger partial charge >= 0.3 is 0 Å². The number of rotatable bonds is 14. The predicted molar refractivity (Wildman–Crippen MR) is 147 cm³/mol. The fraction of sp³-hybridized carbons (Fsp3) is 0.633. The summed E-state index contributed by atoms with van der Waals surface area (Å²) in [4.78, 5) is 17.7. The van der Waals surface area contributed by atoms with Gasteiger partial charge in [0.25, 0.3) is 0 Å². The number of nitrogens with one attached hydrogen (secondary N) is 1. The highest BCUT2D eigenvalue weighted by molar-refractivity contribution is 5.87. The quantitative estimate of drug-likeness (QED) is 0.382. The molecular weight excluding hydrogens is 434 g/mol. The topological polar surface area (TPSA) is 44.8 Å². The van der Waals surface area contributed by atoms with E-state index in [0.717, 1.165) is 65.2 Å². The summed E-state index contributed by atoms with van der Waals surface area (Å²) in [6.45, 7) is 16.8. The van der Waals surface area contributed by atoms with E-state index in [9.17, 15) is 4.79 Å². The minimum Gasteiger partial charge on any atom is -0.379 e. The third-order valence-electron chi connectivity index (χ3n) is 8.20. The van der Waals surface area contributed by atoms with Gasteiger partial charge in [0.1, 0.15) is 0 Å². The maximum atomic E-state index is 13.0. The van der Waals surface area contributed by atoms with Gasteiger partial charge in [0.05, 0.1) is 19.8 Å². The molecule has 3 rings (SSSR count). The second-order valence-electron chi connectivity index (χ2n) is 10.1. The Morgan fingerprint density at radius 2 is 1.77 bits per heavy atom. The second-order valence-corrected chi connectivity index (χ2v) is 10.1. The van der Waals surface area contributed by atoms with E-state index in [1.54, 1.807) is 0 Å². The molecule has 2 atom stereocenters. The van der Waals surface area contributed by atoms with Gasteiger partial charge in [-0.05, 0) is 54.7 Å². The molecule has 1 saturated heterocycles. The van der Waals surface area contributed by atoms with E-state index >= 15 is 0 Å². The van der Waals surface area contributed by atoms with E-state index in [-0.39, 0.29) is 11.3 Å². The first-order chi connectivity index (χ1) is 17.0.